The lowest BCUT2D eigenvalue weighted by atomic mass is 9.96. The van der Waals surface area contributed by atoms with E-state index in [1.807, 2.05) is 0 Å². The van der Waals surface area contributed by atoms with E-state index < -0.39 is 24.4 Å². The fraction of sp³-hybridized carbons (Fsp3) is 0.462. The molecule has 0 aromatic heterocycles. The molecule has 2 rings (SSSR count). The molecule has 4 N–H and O–H groups in total. The first-order valence-electron chi connectivity index (χ1n) is 6.06. The Morgan fingerprint density at radius 3 is 2.58 bits per heavy atom. The number of primary amides is 1. The first-order chi connectivity index (χ1) is 9.09. The van der Waals surface area contributed by atoms with Crippen LogP contribution < -0.4 is 5.73 Å². The van der Waals surface area contributed by atoms with Crippen LogP contribution in [0.15, 0.2) is 24.3 Å². The third kappa shape index (κ3) is 3.30. The number of hydrogen-bond acceptors (Lipinski definition) is 5. The van der Waals surface area contributed by atoms with Crippen LogP contribution in [0, 0.1) is 0 Å². The number of ether oxygens (including phenoxy) is 2. The van der Waals surface area contributed by atoms with Crippen LogP contribution in [0.3, 0.4) is 0 Å². The number of carbonyl (C=O) groups is 1. The number of rotatable bonds is 5. The molecular formula is C13H17NO5. The summed E-state index contributed by atoms with van der Waals surface area (Å²) in [4.78, 5) is 10.8. The van der Waals surface area contributed by atoms with Crippen molar-refractivity contribution in [3.63, 3.8) is 0 Å². The summed E-state index contributed by atoms with van der Waals surface area (Å²) in [6.07, 6.45) is -3.31. The molecule has 6 nitrogen and oxygen atoms in total. The van der Waals surface area contributed by atoms with Gasteiger partial charge in [0.2, 0.25) is 5.91 Å². The second kappa shape index (κ2) is 6.12. The normalized spacial score (nSPS) is 19.3. The van der Waals surface area contributed by atoms with E-state index in [0.717, 1.165) is 0 Å². The Hall–Kier alpha value is -1.47. The summed E-state index contributed by atoms with van der Waals surface area (Å²) in [7, 11) is 0. The Kier molecular flexibility index (Phi) is 4.49. The zero-order valence-electron chi connectivity index (χ0n) is 10.4. The number of carbonyl (C=O) groups excluding carboxylic acids is 1. The first-order valence-corrected chi connectivity index (χ1v) is 6.06. The average molecular weight is 267 g/mol. The molecule has 1 heterocycles. The molecular weight excluding hydrogens is 250 g/mol. The highest BCUT2D eigenvalue weighted by Gasteiger charge is 2.27. The van der Waals surface area contributed by atoms with E-state index in [1.165, 1.54) is 0 Å². The van der Waals surface area contributed by atoms with Gasteiger partial charge >= 0.3 is 0 Å². The maximum Gasteiger partial charge on any atom is 0.220 e. The minimum absolute atomic E-state index is 0.304. The van der Waals surface area contributed by atoms with E-state index in [0.29, 0.717) is 24.3 Å². The van der Waals surface area contributed by atoms with Crippen molar-refractivity contribution in [2.45, 2.75) is 24.9 Å². The van der Waals surface area contributed by atoms with Gasteiger partial charge in [-0.1, -0.05) is 24.3 Å². The molecule has 6 heteroatoms. The van der Waals surface area contributed by atoms with E-state index in [2.05, 4.69) is 0 Å². The topological polar surface area (TPSA) is 102 Å². The molecule has 104 valence electrons. The van der Waals surface area contributed by atoms with Crippen LogP contribution in [0.25, 0.3) is 0 Å². The summed E-state index contributed by atoms with van der Waals surface area (Å²) < 4.78 is 10.8. The average Bonchev–Trinajstić information content (AvgIpc) is 2.91. The van der Waals surface area contributed by atoms with Crippen molar-refractivity contribution in [2.24, 2.45) is 5.73 Å². The Morgan fingerprint density at radius 2 is 1.95 bits per heavy atom. The maximum atomic E-state index is 10.8. The Labute approximate surface area is 110 Å². The number of hydrogen-bond donors (Lipinski definition) is 3. The van der Waals surface area contributed by atoms with Crippen molar-refractivity contribution < 1.29 is 24.5 Å². The lowest BCUT2D eigenvalue weighted by Crippen LogP contribution is -2.26. The van der Waals surface area contributed by atoms with Gasteiger partial charge in [-0.05, 0) is 5.56 Å². The summed E-state index contributed by atoms with van der Waals surface area (Å²) in [6.45, 7) is 0.970. The number of benzene rings is 1. The van der Waals surface area contributed by atoms with Crippen LogP contribution in [0.1, 0.15) is 29.9 Å². The lowest BCUT2D eigenvalue weighted by molar-refractivity contribution is -0.121. The van der Waals surface area contributed by atoms with E-state index in [4.69, 9.17) is 15.2 Å². The molecule has 1 aliphatic rings. The molecule has 0 aliphatic carbocycles. The maximum absolute atomic E-state index is 10.8. The lowest BCUT2D eigenvalue weighted by Gasteiger charge is -2.21. The second-order valence-corrected chi connectivity index (χ2v) is 4.39. The molecule has 0 saturated carbocycles. The molecule has 19 heavy (non-hydrogen) atoms. The van der Waals surface area contributed by atoms with Gasteiger partial charge in [-0.15, -0.1) is 0 Å². The molecule has 1 fully saturated rings. The SMILES string of the molecule is NC(=O)CC(O)C(O)c1ccccc1C1OCCO1. The van der Waals surface area contributed by atoms with E-state index >= 15 is 0 Å². The molecule has 0 spiro atoms. The van der Waals surface area contributed by atoms with Gasteiger partial charge < -0.3 is 25.4 Å². The molecule has 1 aromatic rings. The fourth-order valence-corrected chi connectivity index (χ4v) is 2.06. The van der Waals surface area contributed by atoms with E-state index in [-0.39, 0.29) is 6.42 Å². The Balaban J connectivity index is 2.20. The zero-order valence-corrected chi connectivity index (χ0v) is 10.4. The Morgan fingerprint density at radius 1 is 1.32 bits per heavy atom. The number of amides is 1. The van der Waals surface area contributed by atoms with Crippen LogP contribution >= 0.6 is 0 Å². The molecule has 0 bridgehead atoms. The molecule has 2 atom stereocenters. The van der Waals surface area contributed by atoms with Gasteiger partial charge in [-0.3, -0.25) is 4.79 Å². The van der Waals surface area contributed by atoms with Gasteiger partial charge in [0.1, 0.15) is 6.10 Å². The third-order valence-corrected chi connectivity index (χ3v) is 2.97. The van der Waals surface area contributed by atoms with E-state index in [9.17, 15) is 15.0 Å². The van der Waals surface area contributed by atoms with Gasteiger partial charge in [-0.2, -0.15) is 0 Å². The van der Waals surface area contributed by atoms with Crippen molar-refractivity contribution in [2.75, 3.05) is 13.2 Å². The van der Waals surface area contributed by atoms with Crippen molar-refractivity contribution in [3.05, 3.63) is 35.4 Å². The second-order valence-electron chi connectivity index (χ2n) is 4.39. The minimum atomic E-state index is -1.25. The highest BCUT2D eigenvalue weighted by molar-refractivity contribution is 5.74. The van der Waals surface area contributed by atoms with Crippen LogP contribution in [-0.4, -0.2) is 35.4 Å². The van der Waals surface area contributed by atoms with Gasteiger partial charge in [-0.25, -0.2) is 0 Å². The molecule has 0 radical (unpaired) electrons. The summed E-state index contributed by atoms with van der Waals surface area (Å²) in [6, 6.07) is 6.94. The number of nitrogens with two attached hydrogens (primary N) is 1. The largest absolute Gasteiger partial charge is 0.390 e. The van der Waals surface area contributed by atoms with Crippen LogP contribution in [0.2, 0.25) is 0 Å². The summed E-state index contributed by atoms with van der Waals surface area (Å²) in [5.41, 5.74) is 6.13. The third-order valence-electron chi connectivity index (χ3n) is 2.97. The molecule has 1 aromatic carbocycles. The minimum Gasteiger partial charge on any atom is -0.390 e. The molecule has 1 amide bonds. The van der Waals surface area contributed by atoms with Crippen molar-refractivity contribution in [1.82, 2.24) is 0 Å². The molecule has 1 aliphatic heterocycles. The predicted molar refractivity (Wildman–Crippen MR) is 65.9 cm³/mol. The van der Waals surface area contributed by atoms with Gasteiger partial charge in [0.05, 0.1) is 25.7 Å². The van der Waals surface area contributed by atoms with Crippen LogP contribution in [-0.2, 0) is 14.3 Å². The van der Waals surface area contributed by atoms with E-state index in [1.54, 1.807) is 24.3 Å². The van der Waals surface area contributed by atoms with Crippen molar-refractivity contribution >= 4 is 5.91 Å². The van der Waals surface area contributed by atoms with Crippen LogP contribution in [0.4, 0.5) is 0 Å². The van der Waals surface area contributed by atoms with Gasteiger partial charge in [0, 0.05) is 5.56 Å². The highest BCUT2D eigenvalue weighted by atomic mass is 16.7. The van der Waals surface area contributed by atoms with Crippen LogP contribution in [0.5, 0.6) is 0 Å². The summed E-state index contributed by atoms with van der Waals surface area (Å²) >= 11 is 0. The quantitative estimate of drug-likeness (QED) is 0.697. The van der Waals surface area contributed by atoms with Gasteiger partial charge in [0.15, 0.2) is 6.29 Å². The van der Waals surface area contributed by atoms with Crippen molar-refractivity contribution in [3.8, 4) is 0 Å². The summed E-state index contributed by atoms with van der Waals surface area (Å²) in [5.74, 6) is -0.669. The fourth-order valence-electron chi connectivity index (χ4n) is 2.06. The molecule has 2 unspecified atom stereocenters. The molecule has 1 saturated heterocycles. The Bertz CT molecular complexity index is 444. The first kappa shape index (κ1) is 14.0. The van der Waals surface area contributed by atoms with Crippen molar-refractivity contribution in [1.29, 1.82) is 0 Å². The number of aliphatic hydroxyl groups excluding tert-OH is 2. The zero-order chi connectivity index (χ0) is 13.8. The summed E-state index contributed by atoms with van der Waals surface area (Å²) in [5, 5.41) is 19.9. The van der Waals surface area contributed by atoms with Gasteiger partial charge in [0.25, 0.3) is 0 Å². The standard InChI is InChI=1S/C13H17NO5/c14-11(16)7-10(15)12(17)8-3-1-2-4-9(8)13-18-5-6-19-13/h1-4,10,12-13,15,17H,5-7H2,(H2,14,16). The predicted octanol–water partition coefficient (Wildman–Crippen LogP) is 0.00170. The smallest absolute Gasteiger partial charge is 0.220 e. The number of aliphatic hydroxyl groups is 2. The highest BCUT2D eigenvalue weighted by Crippen LogP contribution is 2.31. The monoisotopic (exact) mass is 267 g/mol.